The van der Waals surface area contributed by atoms with E-state index in [4.69, 9.17) is 14.2 Å². The summed E-state index contributed by atoms with van der Waals surface area (Å²) in [7, 11) is 1.59. The van der Waals surface area contributed by atoms with Crippen LogP contribution in [-0.2, 0) is 0 Å². The SMILES string of the molecule is C=Cc1ccc(OCCCC)cc1OCC(=O)c1ccc(OC)cc1. The van der Waals surface area contributed by atoms with Gasteiger partial charge in [0.05, 0.1) is 13.7 Å². The molecule has 0 fully saturated rings. The van der Waals surface area contributed by atoms with Crippen molar-refractivity contribution in [2.75, 3.05) is 20.3 Å². The maximum absolute atomic E-state index is 12.3. The molecule has 0 radical (unpaired) electrons. The highest BCUT2D eigenvalue weighted by Gasteiger charge is 2.10. The lowest BCUT2D eigenvalue weighted by Crippen LogP contribution is -2.12. The summed E-state index contributed by atoms with van der Waals surface area (Å²) in [5.41, 5.74) is 1.40. The molecule has 0 saturated heterocycles. The molecule has 0 atom stereocenters. The molecule has 0 unspecified atom stereocenters. The molecule has 0 heterocycles. The molecule has 0 aromatic heterocycles. The summed E-state index contributed by atoms with van der Waals surface area (Å²) in [4.78, 5) is 12.3. The van der Waals surface area contributed by atoms with E-state index in [0.717, 1.165) is 24.2 Å². The highest BCUT2D eigenvalue weighted by molar-refractivity contribution is 5.97. The molecule has 0 aliphatic heterocycles. The Bertz CT molecular complexity index is 704. The zero-order valence-corrected chi connectivity index (χ0v) is 14.8. The van der Waals surface area contributed by atoms with Gasteiger partial charge in [-0.15, -0.1) is 0 Å². The van der Waals surface area contributed by atoms with Gasteiger partial charge in [-0.05, 0) is 42.8 Å². The highest BCUT2D eigenvalue weighted by atomic mass is 16.5. The molecular formula is C21H24O4. The lowest BCUT2D eigenvalue weighted by molar-refractivity contribution is 0.0921. The molecule has 0 amide bonds. The zero-order chi connectivity index (χ0) is 18.1. The van der Waals surface area contributed by atoms with Crippen molar-refractivity contribution in [1.29, 1.82) is 0 Å². The number of carbonyl (C=O) groups excluding carboxylic acids is 1. The number of Topliss-reactive ketones (excluding diaryl/α,β-unsaturated/α-hetero) is 1. The third-order valence-corrected chi connectivity index (χ3v) is 3.74. The molecule has 25 heavy (non-hydrogen) atoms. The fourth-order valence-electron chi connectivity index (χ4n) is 2.24. The summed E-state index contributed by atoms with van der Waals surface area (Å²) in [6, 6.07) is 12.5. The molecule has 0 bridgehead atoms. The van der Waals surface area contributed by atoms with Gasteiger partial charge in [0.2, 0.25) is 0 Å². The predicted molar refractivity (Wildman–Crippen MR) is 99.8 cm³/mol. The maximum Gasteiger partial charge on any atom is 0.200 e. The number of ketones is 1. The fourth-order valence-corrected chi connectivity index (χ4v) is 2.24. The summed E-state index contributed by atoms with van der Waals surface area (Å²) in [5.74, 6) is 1.93. The van der Waals surface area contributed by atoms with E-state index in [1.807, 2.05) is 12.1 Å². The fraction of sp³-hybridized carbons (Fsp3) is 0.286. The van der Waals surface area contributed by atoms with Crippen LogP contribution in [0.1, 0.15) is 35.7 Å². The number of benzene rings is 2. The number of rotatable bonds is 10. The Morgan fingerprint density at radius 2 is 1.80 bits per heavy atom. The minimum absolute atomic E-state index is 0.0500. The van der Waals surface area contributed by atoms with E-state index >= 15 is 0 Å². The number of hydrogen-bond donors (Lipinski definition) is 0. The monoisotopic (exact) mass is 340 g/mol. The van der Waals surface area contributed by atoms with Gasteiger partial charge in [0.25, 0.3) is 0 Å². The van der Waals surface area contributed by atoms with Crippen LogP contribution in [0, 0.1) is 0 Å². The Kier molecular flexibility index (Phi) is 7.08. The first-order chi connectivity index (χ1) is 12.2. The van der Waals surface area contributed by atoms with Gasteiger partial charge in [0.1, 0.15) is 17.2 Å². The van der Waals surface area contributed by atoms with Crippen molar-refractivity contribution in [2.24, 2.45) is 0 Å². The third-order valence-electron chi connectivity index (χ3n) is 3.74. The van der Waals surface area contributed by atoms with Crippen molar-refractivity contribution in [1.82, 2.24) is 0 Å². The lowest BCUT2D eigenvalue weighted by Gasteiger charge is -2.12. The quantitative estimate of drug-likeness (QED) is 0.461. The molecule has 4 heteroatoms. The number of unbranched alkanes of at least 4 members (excludes halogenated alkanes) is 1. The Morgan fingerprint density at radius 3 is 2.44 bits per heavy atom. The van der Waals surface area contributed by atoms with E-state index in [1.165, 1.54) is 0 Å². The van der Waals surface area contributed by atoms with Crippen molar-refractivity contribution < 1.29 is 19.0 Å². The number of methoxy groups -OCH3 is 1. The molecule has 2 rings (SSSR count). The first-order valence-electron chi connectivity index (χ1n) is 8.37. The first kappa shape index (κ1) is 18.6. The van der Waals surface area contributed by atoms with Crippen LogP contribution in [-0.4, -0.2) is 26.1 Å². The Morgan fingerprint density at radius 1 is 1.08 bits per heavy atom. The van der Waals surface area contributed by atoms with Crippen molar-refractivity contribution in [2.45, 2.75) is 19.8 Å². The van der Waals surface area contributed by atoms with E-state index in [2.05, 4.69) is 13.5 Å². The van der Waals surface area contributed by atoms with E-state index < -0.39 is 0 Å². The normalized spacial score (nSPS) is 10.2. The van der Waals surface area contributed by atoms with Gasteiger partial charge < -0.3 is 14.2 Å². The minimum atomic E-state index is -0.102. The Hall–Kier alpha value is -2.75. The van der Waals surface area contributed by atoms with Crippen LogP contribution in [0.2, 0.25) is 0 Å². The molecule has 0 N–H and O–H groups in total. The van der Waals surface area contributed by atoms with Crippen LogP contribution in [0.5, 0.6) is 17.2 Å². The average molecular weight is 340 g/mol. The molecule has 2 aromatic carbocycles. The maximum atomic E-state index is 12.3. The van der Waals surface area contributed by atoms with Gasteiger partial charge in [-0.2, -0.15) is 0 Å². The summed E-state index contributed by atoms with van der Waals surface area (Å²) in [6.07, 6.45) is 3.77. The Balaban J connectivity index is 2.03. The molecule has 132 valence electrons. The summed E-state index contributed by atoms with van der Waals surface area (Å²) in [5, 5.41) is 0. The summed E-state index contributed by atoms with van der Waals surface area (Å²) in [6.45, 7) is 6.51. The van der Waals surface area contributed by atoms with Gasteiger partial charge in [-0.3, -0.25) is 4.79 Å². The van der Waals surface area contributed by atoms with E-state index in [9.17, 15) is 4.79 Å². The van der Waals surface area contributed by atoms with E-state index in [-0.39, 0.29) is 12.4 Å². The van der Waals surface area contributed by atoms with Crippen LogP contribution in [0.4, 0.5) is 0 Å². The zero-order valence-electron chi connectivity index (χ0n) is 14.8. The van der Waals surface area contributed by atoms with Crippen LogP contribution in [0.15, 0.2) is 49.0 Å². The first-order valence-corrected chi connectivity index (χ1v) is 8.37. The predicted octanol–water partition coefficient (Wildman–Crippen LogP) is 4.78. The Labute approximate surface area is 149 Å². The summed E-state index contributed by atoms with van der Waals surface area (Å²) < 4.78 is 16.5. The van der Waals surface area contributed by atoms with E-state index in [1.54, 1.807) is 43.5 Å². The average Bonchev–Trinajstić information content (AvgIpc) is 2.66. The molecule has 4 nitrogen and oxygen atoms in total. The molecular weight excluding hydrogens is 316 g/mol. The van der Waals surface area contributed by atoms with Crippen LogP contribution in [0.25, 0.3) is 6.08 Å². The molecule has 0 saturated carbocycles. The van der Waals surface area contributed by atoms with E-state index in [0.29, 0.717) is 23.7 Å². The van der Waals surface area contributed by atoms with Crippen LogP contribution in [0.3, 0.4) is 0 Å². The van der Waals surface area contributed by atoms with Gasteiger partial charge >= 0.3 is 0 Å². The largest absolute Gasteiger partial charge is 0.497 e. The number of hydrogen-bond acceptors (Lipinski definition) is 4. The lowest BCUT2D eigenvalue weighted by atomic mass is 10.1. The van der Waals surface area contributed by atoms with Gasteiger partial charge in [-0.1, -0.05) is 26.0 Å². The smallest absolute Gasteiger partial charge is 0.200 e. The topological polar surface area (TPSA) is 44.8 Å². The van der Waals surface area contributed by atoms with Gasteiger partial charge in [-0.25, -0.2) is 0 Å². The van der Waals surface area contributed by atoms with Gasteiger partial charge in [0, 0.05) is 17.2 Å². The van der Waals surface area contributed by atoms with Crippen molar-refractivity contribution in [3.63, 3.8) is 0 Å². The second-order valence-electron chi connectivity index (χ2n) is 5.55. The molecule has 2 aromatic rings. The molecule has 0 spiro atoms. The highest BCUT2D eigenvalue weighted by Crippen LogP contribution is 2.26. The summed E-state index contributed by atoms with van der Waals surface area (Å²) >= 11 is 0. The van der Waals surface area contributed by atoms with Crippen molar-refractivity contribution in [3.8, 4) is 17.2 Å². The second-order valence-corrected chi connectivity index (χ2v) is 5.55. The number of ether oxygens (including phenoxy) is 3. The minimum Gasteiger partial charge on any atom is -0.497 e. The molecule has 0 aliphatic carbocycles. The van der Waals surface area contributed by atoms with Gasteiger partial charge in [0.15, 0.2) is 12.4 Å². The van der Waals surface area contributed by atoms with Crippen LogP contribution < -0.4 is 14.2 Å². The van der Waals surface area contributed by atoms with Crippen molar-refractivity contribution in [3.05, 3.63) is 60.2 Å². The van der Waals surface area contributed by atoms with Crippen molar-refractivity contribution >= 4 is 11.9 Å². The van der Waals surface area contributed by atoms with Crippen LogP contribution >= 0.6 is 0 Å². The standard InChI is InChI=1S/C21H24O4/c1-4-6-13-24-19-12-7-16(5-2)21(14-19)25-15-20(22)17-8-10-18(23-3)11-9-17/h5,7-12,14H,2,4,6,13,15H2,1,3H3. The number of carbonyl (C=O) groups is 1. The second kappa shape index (κ2) is 9.52. The third kappa shape index (κ3) is 5.38. The molecule has 0 aliphatic rings.